The molecule has 0 spiro atoms. The lowest BCUT2D eigenvalue weighted by atomic mass is 10.1. The van der Waals surface area contributed by atoms with Gasteiger partial charge in [0.05, 0.1) is 18.4 Å². The number of nitrogens with zero attached hydrogens (tertiary/aromatic N) is 4. The van der Waals surface area contributed by atoms with E-state index in [0.717, 1.165) is 24.1 Å². The Balaban J connectivity index is 1.96. The van der Waals surface area contributed by atoms with Gasteiger partial charge in [0, 0.05) is 24.2 Å². The van der Waals surface area contributed by atoms with Crippen molar-refractivity contribution in [3.8, 4) is 17.1 Å². The Morgan fingerprint density at radius 1 is 1.38 bits per heavy atom. The molecule has 3 heterocycles. The Labute approximate surface area is 119 Å². The standard InChI is InChI=1S/C14H13N5O2/c1-21-14-12(13(8-2-3-8)15-7-16-14)9-6-10-17-11(20)4-5-19(10)18-9/h4-8H,2-3H2,1H3,(H,17,20). The summed E-state index contributed by atoms with van der Waals surface area (Å²) in [5.74, 6) is 0.957. The fraction of sp³-hybridized carbons (Fsp3) is 0.286. The van der Waals surface area contributed by atoms with Gasteiger partial charge in [-0.2, -0.15) is 5.10 Å². The van der Waals surface area contributed by atoms with Gasteiger partial charge < -0.3 is 9.72 Å². The van der Waals surface area contributed by atoms with Crippen molar-refractivity contribution in [2.24, 2.45) is 0 Å². The molecule has 106 valence electrons. The number of rotatable bonds is 3. The van der Waals surface area contributed by atoms with Gasteiger partial charge >= 0.3 is 0 Å². The number of nitrogens with one attached hydrogen (secondary N) is 1. The highest BCUT2D eigenvalue weighted by atomic mass is 16.5. The van der Waals surface area contributed by atoms with E-state index in [-0.39, 0.29) is 5.56 Å². The van der Waals surface area contributed by atoms with E-state index in [2.05, 4.69) is 20.1 Å². The predicted octanol–water partition coefficient (Wildman–Crippen LogP) is 1.37. The number of ether oxygens (including phenoxy) is 1. The summed E-state index contributed by atoms with van der Waals surface area (Å²) in [6.45, 7) is 0. The third-order valence-corrected chi connectivity index (χ3v) is 3.61. The van der Waals surface area contributed by atoms with Crippen LogP contribution in [0.3, 0.4) is 0 Å². The Morgan fingerprint density at radius 2 is 2.24 bits per heavy atom. The van der Waals surface area contributed by atoms with Gasteiger partial charge in [-0.25, -0.2) is 14.5 Å². The number of aromatic amines is 1. The molecule has 1 saturated carbocycles. The van der Waals surface area contributed by atoms with Gasteiger partial charge in [0.25, 0.3) is 5.56 Å². The molecule has 1 fully saturated rings. The lowest BCUT2D eigenvalue weighted by Gasteiger charge is -2.08. The summed E-state index contributed by atoms with van der Waals surface area (Å²) in [6.07, 6.45) is 5.40. The average Bonchev–Trinajstić information content (AvgIpc) is 3.26. The first-order chi connectivity index (χ1) is 10.3. The van der Waals surface area contributed by atoms with Crippen molar-refractivity contribution in [1.29, 1.82) is 0 Å². The molecule has 3 aromatic rings. The second-order valence-corrected chi connectivity index (χ2v) is 5.08. The molecular weight excluding hydrogens is 270 g/mol. The molecule has 0 bridgehead atoms. The SMILES string of the molecule is COc1ncnc(C2CC2)c1-c1cc2[nH]c(=O)ccn2n1. The average molecular weight is 283 g/mol. The van der Waals surface area contributed by atoms with Crippen LogP contribution in [0.25, 0.3) is 16.9 Å². The Kier molecular flexibility index (Phi) is 2.53. The molecule has 7 nitrogen and oxygen atoms in total. The first kappa shape index (κ1) is 12.1. The second kappa shape index (κ2) is 4.41. The summed E-state index contributed by atoms with van der Waals surface area (Å²) in [5.41, 5.74) is 2.95. The highest BCUT2D eigenvalue weighted by molar-refractivity contribution is 5.71. The number of methoxy groups -OCH3 is 1. The van der Waals surface area contributed by atoms with E-state index >= 15 is 0 Å². The van der Waals surface area contributed by atoms with Crippen molar-refractivity contribution in [2.45, 2.75) is 18.8 Å². The molecule has 0 aromatic carbocycles. The molecule has 1 N–H and O–H groups in total. The maximum atomic E-state index is 11.4. The van der Waals surface area contributed by atoms with Crippen LogP contribution in [0, 0.1) is 0 Å². The zero-order chi connectivity index (χ0) is 14.4. The summed E-state index contributed by atoms with van der Waals surface area (Å²) in [5, 5.41) is 4.49. The van der Waals surface area contributed by atoms with Gasteiger partial charge in [-0.15, -0.1) is 0 Å². The van der Waals surface area contributed by atoms with E-state index in [4.69, 9.17) is 4.74 Å². The maximum Gasteiger partial charge on any atom is 0.251 e. The van der Waals surface area contributed by atoms with Crippen molar-refractivity contribution in [1.82, 2.24) is 24.6 Å². The topological polar surface area (TPSA) is 85.2 Å². The summed E-state index contributed by atoms with van der Waals surface area (Å²) in [6, 6.07) is 3.25. The van der Waals surface area contributed by atoms with E-state index in [1.807, 2.05) is 6.07 Å². The van der Waals surface area contributed by atoms with E-state index in [1.165, 1.54) is 12.4 Å². The van der Waals surface area contributed by atoms with Gasteiger partial charge in [0.2, 0.25) is 5.88 Å². The van der Waals surface area contributed by atoms with Crippen molar-refractivity contribution >= 4 is 5.65 Å². The van der Waals surface area contributed by atoms with E-state index in [1.54, 1.807) is 17.8 Å². The molecule has 4 rings (SSSR count). The maximum absolute atomic E-state index is 11.4. The monoisotopic (exact) mass is 283 g/mol. The molecule has 3 aromatic heterocycles. The van der Waals surface area contributed by atoms with Crippen LogP contribution in [0.2, 0.25) is 0 Å². The second-order valence-electron chi connectivity index (χ2n) is 5.08. The van der Waals surface area contributed by atoms with Crippen LogP contribution in [0.15, 0.2) is 29.5 Å². The lowest BCUT2D eigenvalue weighted by molar-refractivity contribution is 0.397. The third-order valence-electron chi connectivity index (χ3n) is 3.61. The van der Waals surface area contributed by atoms with Crippen LogP contribution < -0.4 is 10.3 Å². The number of aromatic nitrogens is 5. The molecule has 0 unspecified atom stereocenters. The minimum absolute atomic E-state index is 0.160. The van der Waals surface area contributed by atoms with Crippen molar-refractivity contribution in [3.63, 3.8) is 0 Å². The van der Waals surface area contributed by atoms with Crippen LogP contribution in [-0.2, 0) is 0 Å². The molecule has 1 aliphatic carbocycles. The van der Waals surface area contributed by atoms with Crippen LogP contribution in [0.1, 0.15) is 24.5 Å². The largest absolute Gasteiger partial charge is 0.480 e. The Bertz CT molecular complexity index is 878. The normalized spacial score (nSPS) is 14.5. The number of H-pyrrole nitrogens is 1. The molecule has 7 heteroatoms. The molecule has 1 aliphatic rings. The molecule has 0 radical (unpaired) electrons. The highest BCUT2D eigenvalue weighted by Crippen LogP contribution is 2.45. The number of hydrogen-bond acceptors (Lipinski definition) is 5. The van der Waals surface area contributed by atoms with Crippen molar-refractivity contribution in [2.75, 3.05) is 7.11 Å². The van der Waals surface area contributed by atoms with Crippen molar-refractivity contribution in [3.05, 3.63) is 40.7 Å². The van der Waals surface area contributed by atoms with Crippen molar-refractivity contribution < 1.29 is 4.74 Å². The molecular formula is C14H13N5O2. The van der Waals surface area contributed by atoms with Gasteiger partial charge in [0.1, 0.15) is 17.7 Å². The minimum atomic E-state index is -0.160. The van der Waals surface area contributed by atoms with Crippen LogP contribution in [0.4, 0.5) is 0 Å². The zero-order valence-electron chi connectivity index (χ0n) is 11.4. The number of hydrogen-bond donors (Lipinski definition) is 1. The molecule has 0 aliphatic heterocycles. The summed E-state index contributed by atoms with van der Waals surface area (Å²) in [7, 11) is 1.58. The summed E-state index contributed by atoms with van der Waals surface area (Å²) < 4.78 is 6.99. The van der Waals surface area contributed by atoms with E-state index < -0.39 is 0 Å². The Hall–Kier alpha value is -2.70. The summed E-state index contributed by atoms with van der Waals surface area (Å²) in [4.78, 5) is 22.7. The van der Waals surface area contributed by atoms with Gasteiger partial charge in [-0.05, 0) is 12.8 Å². The highest BCUT2D eigenvalue weighted by Gasteiger charge is 2.31. The van der Waals surface area contributed by atoms with Gasteiger partial charge in [-0.3, -0.25) is 4.79 Å². The molecule has 0 amide bonds. The van der Waals surface area contributed by atoms with Crippen LogP contribution >= 0.6 is 0 Å². The molecule has 0 saturated heterocycles. The van der Waals surface area contributed by atoms with E-state index in [9.17, 15) is 4.79 Å². The van der Waals surface area contributed by atoms with Gasteiger partial charge in [0.15, 0.2) is 0 Å². The smallest absolute Gasteiger partial charge is 0.251 e. The Morgan fingerprint density at radius 3 is 3.00 bits per heavy atom. The fourth-order valence-corrected chi connectivity index (χ4v) is 2.47. The third kappa shape index (κ3) is 1.97. The predicted molar refractivity (Wildman–Crippen MR) is 75.4 cm³/mol. The first-order valence-corrected chi connectivity index (χ1v) is 6.74. The lowest BCUT2D eigenvalue weighted by Crippen LogP contribution is -2.05. The minimum Gasteiger partial charge on any atom is -0.480 e. The number of fused-ring (bicyclic) bond motifs is 1. The van der Waals surface area contributed by atoms with Crippen LogP contribution in [0.5, 0.6) is 5.88 Å². The van der Waals surface area contributed by atoms with Gasteiger partial charge in [-0.1, -0.05) is 0 Å². The molecule has 21 heavy (non-hydrogen) atoms. The quantitative estimate of drug-likeness (QED) is 0.784. The van der Waals surface area contributed by atoms with E-state index in [0.29, 0.717) is 23.1 Å². The fourth-order valence-electron chi connectivity index (χ4n) is 2.47. The zero-order valence-corrected chi connectivity index (χ0v) is 11.4. The first-order valence-electron chi connectivity index (χ1n) is 6.74. The summed E-state index contributed by atoms with van der Waals surface area (Å²) >= 11 is 0. The van der Waals surface area contributed by atoms with Crippen LogP contribution in [-0.4, -0.2) is 31.7 Å². The molecule has 0 atom stereocenters.